The van der Waals surface area contributed by atoms with Gasteiger partial charge in [0.2, 0.25) is 0 Å². The summed E-state index contributed by atoms with van der Waals surface area (Å²) in [5, 5.41) is 3.01. The van der Waals surface area contributed by atoms with E-state index in [0.717, 1.165) is 4.47 Å². The Hall–Kier alpha value is -2.75. The van der Waals surface area contributed by atoms with Crippen LogP contribution in [0.2, 0.25) is 5.02 Å². The standard InChI is InChI=1S/C21H18BrClN2O5S/c1-29-17-7-3-16(4-8-17)25-31(27,28)18-9-5-15(6-10-18)24-21(26)13-30-20-11-2-14(22)12-19(20)23/h2-12,25H,13H2,1H3,(H,24,26). The van der Waals surface area contributed by atoms with Crippen molar-refractivity contribution in [3.8, 4) is 11.5 Å². The molecule has 0 fully saturated rings. The highest BCUT2D eigenvalue weighted by molar-refractivity contribution is 9.10. The molecule has 3 aromatic carbocycles. The second-order valence-corrected chi connectivity index (χ2v) is 9.28. The average Bonchev–Trinajstić information content (AvgIpc) is 2.74. The molecule has 10 heteroatoms. The Balaban J connectivity index is 1.58. The topological polar surface area (TPSA) is 93.7 Å². The fraction of sp³-hybridized carbons (Fsp3) is 0.0952. The molecule has 3 aromatic rings. The minimum Gasteiger partial charge on any atom is -0.497 e. The Kier molecular flexibility index (Phi) is 7.42. The first kappa shape index (κ1) is 22.9. The lowest BCUT2D eigenvalue weighted by Crippen LogP contribution is -2.20. The van der Waals surface area contributed by atoms with Crippen LogP contribution in [0.25, 0.3) is 0 Å². The van der Waals surface area contributed by atoms with Crippen LogP contribution in [0, 0.1) is 0 Å². The van der Waals surface area contributed by atoms with Crippen LogP contribution in [0.15, 0.2) is 76.1 Å². The number of hydrogen-bond acceptors (Lipinski definition) is 5. The molecule has 0 spiro atoms. The molecular weight excluding hydrogens is 508 g/mol. The number of anilines is 2. The lowest BCUT2D eigenvalue weighted by molar-refractivity contribution is -0.118. The van der Waals surface area contributed by atoms with Gasteiger partial charge in [-0.3, -0.25) is 9.52 Å². The van der Waals surface area contributed by atoms with E-state index in [0.29, 0.717) is 27.9 Å². The van der Waals surface area contributed by atoms with Gasteiger partial charge < -0.3 is 14.8 Å². The van der Waals surface area contributed by atoms with E-state index in [1.807, 2.05) is 0 Å². The van der Waals surface area contributed by atoms with Crippen molar-refractivity contribution in [2.75, 3.05) is 23.8 Å². The van der Waals surface area contributed by atoms with Crippen LogP contribution < -0.4 is 19.5 Å². The maximum absolute atomic E-state index is 12.5. The zero-order valence-corrected chi connectivity index (χ0v) is 19.4. The maximum atomic E-state index is 12.5. The van der Waals surface area contributed by atoms with Crippen molar-refractivity contribution in [3.05, 3.63) is 76.2 Å². The Morgan fingerprint density at radius 3 is 2.26 bits per heavy atom. The molecule has 0 heterocycles. The molecule has 0 aliphatic carbocycles. The number of benzene rings is 3. The second kappa shape index (κ2) is 10.0. The lowest BCUT2D eigenvalue weighted by atomic mass is 10.3. The average molecular weight is 526 g/mol. The van der Waals surface area contributed by atoms with Crippen LogP contribution in [0.3, 0.4) is 0 Å². The summed E-state index contributed by atoms with van der Waals surface area (Å²) in [6.45, 7) is -0.250. The van der Waals surface area contributed by atoms with Crippen LogP contribution in [-0.2, 0) is 14.8 Å². The maximum Gasteiger partial charge on any atom is 0.262 e. The summed E-state index contributed by atoms with van der Waals surface area (Å²) in [4.78, 5) is 12.2. The zero-order valence-electron chi connectivity index (χ0n) is 16.3. The third-order valence-electron chi connectivity index (χ3n) is 4.04. The predicted octanol–water partition coefficient (Wildman–Crippen LogP) is 4.93. The van der Waals surface area contributed by atoms with Gasteiger partial charge in [0.05, 0.1) is 17.0 Å². The first-order valence-electron chi connectivity index (χ1n) is 8.91. The zero-order chi connectivity index (χ0) is 22.4. The van der Waals surface area contributed by atoms with E-state index in [2.05, 4.69) is 26.0 Å². The van der Waals surface area contributed by atoms with Gasteiger partial charge in [0.1, 0.15) is 11.5 Å². The third kappa shape index (κ3) is 6.36. The van der Waals surface area contributed by atoms with Crippen LogP contribution in [0.1, 0.15) is 0 Å². The van der Waals surface area contributed by atoms with E-state index in [9.17, 15) is 13.2 Å². The summed E-state index contributed by atoms with van der Waals surface area (Å²) in [7, 11) is -2.25. The molecule has 0 atom stereocenters. The third-order valence-corrected chi connectivity index (χ3v) is 6.23. The number of methoxy groups -OCH3 is 1. The Morgan fingerprint density at radius 2 is 1.65 bits per heavy atom. The van der Waals surface area contributed by atoms with Crippen molar-refractivity contribution < 1.29 is 22.7 Å². The largest absolute Gasteiger partial charge is 0.497 e. The van der Waals surface area contributed by atoms with E-state index >= 15 is 0 Å². The van der Waals surface area contributed by atoms with Gasteiger partial charge >= 0.3 is 0 Å². The molecular formula is C21H18BrClN2O5S. The highest BCUT2D eigenvalue weighted by atomic mass is 79.9. The summed E-state index contributed by atoms with van der Waals surface area (Å²) in [6.07, 6.45) is 0. The van der Waals surface area contributed by atoms with E-state index in [1.165, 1.54) is 31.4 Å². The molecule has 162 valence electrons. The van der Waals surface area contributed by atoms with Gasteiger partial charge in [0, 0.05) is 15.8 Å². The molecule has 0 aliphatic rings. The Labute approximate surface area is 193 Å². The number of rotatable bonds is 8. The summed E-state index contributed by atoms with van der Waals surface area (Å²) in [6, 6.07) is 17.3. The van der Waals surface area contributed by atoms with Crippen molar-refractivity contribution in [3.63, 3.8) is 0 Å². The first-order chi connectivity index (χ1) is 14.8. The highest BCUT2D eigenvalue weighted by Gasteiger charge is 2.15. The van der Waals surface area contributed by atoms with Crippen LogP contribution in [-0.4, -0.2) is 28.0 Å². The van der Waals surface area contributed by atoms with E-state index < -0.39 is 15.9 Å². The molecule has 0 bridgehead atoms. The van der Waals surface area contributed by atoms with Gasteiger partial charge in [-0.15, -0.1) is 0 Å². The Morgan fingerprint density at radius 1 is 1.00 bits per heavy atom. The SMILES string of the molecule is COc1ccc(NS(=O)(=O)c2ccc(NC(=O)COc3ccc(Br)cc3Cl)cc2)cc1. The van der Waals surface area contributed by atoms with Gasteiger partial charge in [-0.2, -0.15) is 0 Å². The number of carbonyl (C=O) groups is 1. The minimum atomic E-state index is -3.78. The van der Waals surface area contributed by atoms with Crippen LogP contribution in [0.4, 0.5) is 11.4 Å². The molecule has 0 unspecified atom stereocenters. The molecule has 31 heavy (non-hydrogen) atoms. The number of amides is 1. The summed E-state index contributed by atoms with van der Waals surface area (Å²) < 4.78 is 38.8. The minimum absolute atomic E-state index is 0.0548. The highest BCUT2D eigenvalue weighted by Crippen LogP contribution is 2.27. The molecule has 0 aromatic heterocycles. The van der Waals surface area contributed by atoms with Gasteiger partial charge in [0.15, 0.2) is 6.61 Å². The van der Waals surface area contributed by atoms with Crippen LogP contribution >= 0.6 is 27.5 Å². The number of hydrogen-bond donors (Lipinski definition) is 2. The molecule has 7 nitrogen and oxygen atoms in total. The van der Waals surface area contributed by atoms with Crippen LogP contribution in [0.5, 0.6) is 11.5 Å². The molecule has 0 radical (unpaired) electrons. The number of nitrogens with one attached hydrogen (secondary N) is 2. The fourth-order valence-electron chi connectivity index (χ4n) is 2.52. The Bertz CT molecular complexity index is 1170. The predicted molar refractivity (Wildman–Crippen MR) is 124 cm³/mol. The fourth-order valence-corrected chi connectivity index (χ4v) is 4.31. The number of sulfonamides is 1. The van der Waals surface area contributed by atoms with Gasteiger partial charge in [0.25, 0.3) is 15.9 Å². The first-order valence-corrected chi connectivity index (χ1v) is 11.6. The van der Waals surface area contributed by atoms with Crippen molar-refractivity contribution in [1.82, 2.24) is 0 Å². The molecule has 0 saturated heterocycles. The smallest absolute Gasteiger partial charge is 0.262 e. The number of carbonyl (C=O) groups excluding carboxylic acids is 1. The quantitative estimate of drug-likeness (QED) is 0.435. The lowest BCUT2D eigenvalue weighted by Gasteiger charge is -2.11. The van der Waals surface area contributed by atoms with E-state index in [4.69, 9.17) is 21.1 Å². The summed E-state index contributed by atoms with van der Waals surface area (Å²) >= 11 is 9.34. The number of halogens is 2. The van der Waals surface area contributed by atoms with Gasteiger partial charge in [-0.1, -0.05) is 27.5 Å². The number of ether oxygens (including phenoxy) is 2. The van der Waals surface area contributed by atoms with Gasteiger partial charge in [-0.25, -0.2) is 8.42 Å². The molecule has 1 amide bonds. The van der Waals surface area contributed by atoms with E-state index in [1.54, 1.807) is 42.5 Å². The molecule has 0 saturated carbocycles. The monoisotopic (exact) mass is 524 g/mol. The summed E-state index contributed by atoms with van der Waals surface area (Å²) in [5.74, 6) is 0.589. The van der Waals surface area contributed by atoms with Crippen molar-refractivity contribution in [2.45, 2.75) is 4.90 Å². The van der Waals surface area contributed by atoms with E-state index in [-0.39, 0.29) is 11.5 Å². The van der Waals surface area contributed by atoms with Crippen molar-refractivity contribution in [2.24, 2.45) is 0 Å². The second-order valence-electron chi connectivity index (χ2n) is 6.27. The summed E-state index contributed by atoms with van der Waals surface area (Å²) in [5.41, 5.74) is 0.834. The molecule has 2 N–H and O–H groups in total. The van der Waals surface area contributed by atoms with Crippen molar-refractivity contribution >= 4 is 54.8 Å². The molecule has 3 rings (SSSR count). The van der Waals surface area contributed by atoms with Crippen molar-refractivity contribution in [1.29, 1.82) is 0 Å². The molecule has 0 aliphatic heterocycles. The van der Waals surface area contributed by atoms with Gasteiger partial charge in [-0.05, 0) is 66.7 Å². The normalized spacial score (nSPS) is 10.9.